The van der Waals surface area contributed by atoms with Crippen LogP contribution in [0.4, 0.5) is 0 Å². The van der Waals surface area contributed by atoms with Crippen LogP contribution in [0.2, 0.25) is 0 Å². The minimum Gasteiger partial charge on any atom is -0.316 e. The summed E-state index contributed by atoms with van der Waals surface area (Å²) in [5.41, 5.74) is 1.32. The second kappa shape index (κ2) is 6.02. The Bertz CT molecular complexity index is 780. The Balaban J connectivity index is 2.09. The lowest BCUT2D eigenvalue weighted by Crippen LogP contribution is -2.30. The van der Waals surface area contributed by atoms with E-state index in [9.17, 15) is 8.42 Å². The molecule has 1 N–H and O–H groups in total. The fourth-order valence-corrected chi connectivity index (χ4v) is 4.06. The molecule has 8 heteroatoms. The molecule has 1 aliphatic rings. The number of rotatable bonds is 3. The van der Waals surface area contributed by atoms with E-state index >= 15 is 0 Å². The first-order chi connectivity index (χ1) is 10.4. The van der Waals surface area contributed by atoms with Crippen LogP contribution >= 0.6 is 11.3 Å². The zero-order chi connectivity index (χ0) is 15.7. The lowest BCUT2D eigenvalue weighted by molar-refractivity contribution is 0.448. The molecule has 118 valence electrons. The highest BCUT2D eigenvalue weighted by Crippen LogP contribution is 2.29. The fourth-order valence-electron chi connectivity index (χ4n) is 2.64. The molecule has 2 aromatic heterocycles. The topological polar surface area (TPSA) is 84.8 Å². The first kappa shape index (κ1) is 15.5. The number of aromatic nitrogens is 3. The Morgan fingerprint density at radius 3 is 2.77 bits per heavy atom. The van der Waals surface area contributed by atoms with Crippen LogP contribution in [0.25, 0.3) is 11.5 Å². The number of piperidine rings is 1. The van der Waals surface area contributed by atoms with Gasteiger partial charge in [0.15, 0.2) is 15.7 Å². The average molecular weight is 338 g/mol. The van der Waals surface area contributed by atoms with Crippen LogP contribution in [0, 0.1) is 6.92 Å². The van der Waals surface area contributed by atoms with Crippen LogP contribution in [0.15, 0.2) is 16.5 Å². The second-order valence-corrected chi connectivity index (χ2v) is 8.56. The molecule has 0 radical (unpaired) electrons. The van der Waals surface area contributed by atoms with Crippen LogP contribution in [-0.4, -0.2) is 42.7 Å². The summed E-state index contributed by atoms with van der Waals surface area (Å²) >= 11 is 1.53. The van der Waals surface area contributed by atoms with E-state index in [-0.39, 0.29) is 10.8 Å². The molecule has 2 aromatic rings. The lowest BCUT2D eigenvalue weighted by atomic mass is 9.96. The minimum absolute atomic E-state index is 0.0972. The number of hydrogen-bond donors (Lipinski definition) is 1. The maximum absolute atomic E-state index is 12.0. The molecule has 0 spiro atoms. The molecule has 3 heterocycles. The number of nitrogens with one attached hydrogen (secondary N) is 1. The number of thiazole rings is 1. The Labute approximate surface area is 134 Å². The highest BCUT2D eigenvalue weighted by Gasteiger charge is 2.25. The lowest BCUT2D eigenvalue weighted by Gasteiger charge is -2.23. The van der Waals surface area contributed by atoms with Crippen LogP contribution in [-0.2, 0) is 9.84 Å². The average Bonchev–Trinajstić information content (AvgIpc) is 2.93. The van der Waals surface area contributed by atoms with Crippen molar-refractivity contribution in [3.8, 4) is 11.5 Å². The summed E-state index contributed by atoms with van der Waals surface area (Å²) in [6.45, 7) is 3.63. The van der Waals surface area contributed by atoms with Crippen molar-refractivity contribution in [2.45, 2.75) is 30.6 Å². The summed E-state index contributed by atoms with van der Waals surface area (Å²) in [6.07, 6.45) is 4.58. The third kappa shape index (κ3) is 3.18. The SMILES string of the molecule is Cc1nc(-c2ncc(S(C)(=O)=O)c([C@H]3CCCNC3)n2)cs1. The molecule has 0 unspecified atom stereocenters. The van der Waals surface area contributed by atoms with Gasteiger partial charge in [-0.3, -0.25) is 0 Å². The van der Waals surface area contributed by atoms with Gasteiger partial charge in [-0.1, -0.05) is 0 Å². The molecule has 6 nitrogen and oxygen atoms in total. The van der Waals surface area contributed by atoms with E-state index in [4.69, 9.17) is 0 Å². The molecule has 1 aliphatic heterocycles. The standard InChI is InChI=1S/C14H18N4O2S2/c1-9-17-11(8-21-9)14-16-7-12(22(2,19)20)13(18-14)10-4-3-5-15-6-10/h7-8,10,15H,3-6H2,1-2H3/t10-/m0/s1. The van der Waals surface area contributed by atoms with Gasteiger partial charge < -0.3 is 5.32 Å². The molecule has 0 bridgehead atoms. The smallest absolute Gasteiger partial charge is 0.179 e. The molecule has 0 aromatic carbocycles. The van der Waals surface area contributed by atoms with Crippen molar-refractivity contribution in [2.75, 3.05) is 19.3 Å². The highest BCUT2D eigenvalue weighted by molar-refractivity contribution is 7.90. The van der Waals surface area contributed by atoms with Gasteiger partial charge in [-0.2, -0.15) is 0 Å². The molecule has 0 saturated carbocycles. The van der Waals surface area contributed by atoms with E-state index in [1.54, 1.807) is 0 Å². The van der Waals surface area contributed by atoms with E-state index in [0.29, 0.717) is 17.2 Å². The summed E-state index contributed by atoms with van der Waals surface area (Å²) in [7, 11) is -3.35. The predicted molar refractivity (Wildman–Crippen MR) is 85.8 cm³/mol. The number of hydrogen-bond acceptors (Lipinski definition) is 7. The number of sulfone groups is 1. The molecule has 0 aliphatic carbocycles. The molecular formula is C14H18N4O2S2. The van der Waals surface area contributed by atoms with E-state index in [0.717, 1.165) is 30.9 Å². The summed E-state index contributed by atoms with van der Waals surface area (Å²) in [4.78, 5) is 13.4. The van der Waals surface area contributed by atoms with Gasteiger partial charge in [-0.25, -0.2) is 23.4 Å². The first-order valence-electron chi connectivity index (χ1n) is 7.15. The maximum atomic E-state index is 12.0. The van der Waals surface area contributed by atoms with Gasteiger partial charge in [-0.15, -0.1) is 11.3 Å². The third-order valence-electron chi connectivity index (χ3n) is 3.71. The molecule has 1 fully saturated rings. The van der Waals surface area contributed by atoms with Gasteiger partial charge in [0.05, 0.1) is 10.7 Å². The quantitative estimate of drug-likeness (QED) is 0.918. The Morgan fingerprint density at radius 1 is 1.36 bits per heavy atom. The van der Waals surface area contributed by atoms with Crippen molar-refractivity contribution in [2.24, 2.45) is 0 Å². The summed E-state index contributed by atoms with van der Waals surface area (Å²) in [5.74, 6) is 0.595. The van der Waals surface area contributed by atoms with E-state index in [2.05, 4.69) is 20.3 Å². The number of nitrogens with zero attached hydrogens (tertiary/aromatic N) is 3. The highest BCUT2D eigenvalue weighted by atomic mass is 32.2. The van der Waals surface area contributed by atoms with Gasteiger partial charge in [0.1, 0.15) is 10.6 Å². The molecule has 22 heavy (non-hydrogen) atoms. The van der Waals surface area contributed by atoms with Crippen LogP contribution in [0.3, 0.4) is 0 Å². The van der Waals surface area contributed by atoms with Crippen LogP contribution < -0.4 is 5.32 Å². The zero-order valence-electron chi connectivity index (χ0n) is 12.5. The van der Waals surface area contributed by atoms with Crippen molar-refractivity contribution in [3.05, 3.63) is 22.3 Å². The molecule has 0 amide bonds. The van der Waals surface area contributed by atoms with Crippen molar-refractivity contribution < 1.29 is 8.42 Å². The van der Waals surface area contributed by atoms with E-state index in [1.807, 2.05) is 12.3 Å². The summed E-state index contributed by atoms with van der Waals surface area (Å²) in [5, 5.41) is 6.14. The Morgan fingerprint density at radius 2 is 2.18 bits per heavy atom. The predicted octanol–water partition coefficient (Wildman–Crippen LogP) is 1.78. The van der Waals surface area contributed by atoms with Crippen LogP contribution in [0.1, 0.15) is 29.5 Å². The zero-order valence-corrected chi connectivity index (χ0v) is 14.2. The van der Waals surface area contributed by atoms with Gasteiger partial charge in [0.2, 0.25) is 0 Å². The van der Waals surface area contributed by atoms with Gasteiger partial charge in [-0.05, 0) is 26.3 Å². The molecule has 3 rings (SSSR count). The van der Waals surface area contributed by atoms with Crippen LogP contribution in [0.5, 0.6) is 0 Å². The minimum atomic E-state index is -3.35. The Kier molecular flexibility index (Phi) is 4.24. The largest absolute Gasteiger partial charge is 0.316 e. The van der Waals surface area contributed by atoms with Crippen molar-refractivity contribution in [3.63, 3.8) is 0 Å². The molecule has 1 atom stereocenters. The van der Waals surface area contributed by atoms with E-state index < -0.39 is 9.84 Å². The van der Waals surface area contributed by atoms with Crippen molar-refractivity contribution in [1.29, 1.82) is 0 Å². The normalized spacial score (nSPS) is 19.3. The maximum Gasteiger partial charge on any atom is 0.179 e. The van der Waals surface area contributed by atoms with E-state index in [1.165, 1.54) is 23.8 Å². The van der Waals surface area contributed by atoms with Crippen molar-refractivity contribution in [1.82, 2.24) is 20.3 Å². The third-order valence-corrected chi connectivity index (χ3v) is 5.60. The molecular weight excluding hydrogens is 320 g/mol. The first-order valence-corrected chi connectivity index (χ1v) is 9.92. The fraction of sp³-hybridized carbons (Fsp3) is 0.500. The second-order valence-electron chi connectivity index (χ2n) is 5.51. The Hall–Kier alpha value is -1.38. The van der Waals surface area contributed by atoms with Gasteiger partial charge in [0, 0.05) is 30.3 Å². The summed E-state index contributed by atoms with van der Waals surface area (Å²) < 4.78 is 24.1. The van der Waals surface area contributed by atoms with Crippen molar-refractivity contribution >= 4 is 21.2 Å². The van der Waals surface area contributed by atoms with Gasteiger partial charge >= 0.3 is 0 Å². The molecule has 1 saturated heterocycles. The monoisotopic (exact) mass is 338 g/mol. The van der Waals surface area contributed by atoms with Gasteiger partial charge in [0.25, 0.3) is 0 Å². The summed E-state index contributed by atoms with van der Waals surface area (Å²) in [6, 6.07) is 0. The number of aryl methyl sites for hydroxylation is 1.